The minimum atomic E-state index is 0.545. The SMILES string of the molecule is c1ccc(-c2ccc(-c3nc(-c4ccccc4)nc(-n4c5ccccc5c5c6c7ccccc7n(-c7cccc(-c8ccccc8)c7)c6c(-n6c7ccccc7c7ccccc76)cc54)n3)cc2)cc1. The zero-order valence-corrected chi connectivity index (χ0v) is 37.3. The number of hydrogen-bond acceptors (Lipinski definition) is 3. The first-order valence-corrected chi connectivity index (χ1v) is 23.4. The van der Waals surface area contributed by atoms with E-state index in [2.05, 4.69) is 232 Å². The monoisotopic (exact) mass is 880 g/mol. The first-order chi connectivity index (χ1) is 34.2. The molecule has 322 valence electrons. The minimum absolute atomic E-state index is 0.545. The van der Waals surface area contributed by atoms with Gasteiger partial charge in [0.25, 0.3) is 0 Å². The predicted molar refractivity (Wildman–Crippen MR) is 285 cm³/mol. The molecule has 0 fully saturated rings. The molecule has 0 unspecified atom stereocenters. The number of nitrogens with zero attached hydrogens (tertiary/aromatic N) is 6. The Morgan fingerprint density at radius 1 is 0.261 bits per heavy atom. The predicted octanol–water partition coefficient (Wildman–Crippen LogP) is 15.8. The molecule has 0 spiro atoms. The molecule has 0 aliphatic rings. The van der Waals surface area contributed by atoms with Crippen LogP contribution in [0.25, 0.3) is 128 Å². The molecule has 14 aromatic rings. The molecule has 4 aromatic heterocycles. The van der Waals surface area contributed by atoms with Crippen LogP contribution >= 0.6 is 0 Å². The van der Waals surface area contributed by atoms with E-state index in [-0.39, 0.29) is 0 Å². The molecule has 0 radical (unpaired) electrons. The van der Waals surface area contributed by atoms with E-state index in [4.69, 9.17) is 15.0 Å². The highest BCUT2D eigenvalue weighted by Gasteiger charge is 2.27. The third-order valence-corrected chi connectivity index (χ3v) is 13.7. The van der Waals surface area contributed by atoms with Gasteiger partial charge in [0.1, 0.15) is 0 Å². The van der Waals surface area contributed by atoms with E-state index in [1.165, 1.54) is 16.3 Å². The Hall–Kier alpha value is -9.39. The molecule has 6 nitrogen and oxygen atoms in total. The van der Waals surface area contributed by atoms with Crippen molar-refractivity contribution in [3.63, 3.8) is 0 Å². The van der Waals surface area contributed by atoms with E-state index in [9.17, 15) is 0 Å². The second-order valence-corrected chi connectivity index (χ2v) is 17.6. The number of para-hydroxylation sites is 4. The summed E-state index contributed by atoms with van der Waals surface area (Å²) in [6.45, 7) is 0. The quantitative estimate of drug-likeness (QED) is 0.160. The highest BCUT2D eigenvalue weighted by atomic mass is 15.2. The number of aromatic nitrogens is 6. The molecule has 14 rings (SSSR count). The van der Waals surface area contributed by atoms with Gasteiger partial charge in [0.05, 0.1) is 38.8 Å². The molecule has 0 atom stereocenters. The Morgan fingerprint density at radius 3 is 1.28 bits per heavy atom. The maximum absolute atomic E-state index is 5.43. The first kappa shape index (κ1) is 38.8. The Labute approximate surface area is 397 Å². The van der Waals surface area contributed by atoms with E-state index in [0.717, 1.165) is 93.8 Å². The van der Waals surface area contributed by atoms with Crippen LogP contribution in [0.5, 0.6) is 0 Å². The van der Waals surface area contributed by atoms with Gasteiger partial charge in [0.2, 0.25) is 5.95 Å². The second-order valence-electron chi connectivity index (χ2n) is 17.6. The van der Waals surface area contributed by atoms with E-state index >= 15 is 0 Å². The van der Waals surface area contributed by atoms with Gasteiger partial charge < -0.3 is 9.13 Å². The fourth-order valence-electron chi connectivity index (χ4n) is 10.6. The maximum Gasteiger partial charge on any atom is 0.238 e. The molecule has 0 amide bonds. The Balaban J connectivity index is 1.13. The number of hydrogen-bond donors (Lipinski definition) is 0. The summed E-state index contributed by atoms with van der Waals surface area (Å²) in [5.74, 6) is 1.75. The van der Waals surface area contributed by atoms with Crippen LogP contribution in [-0.4, -0.2) is 28.7 Å². The van der Waals surface area contributed by atoms with Crippen LogP contribution in [0.3, 0.4) is 0 Å². The van der Waals surface area contributed by atoms with Crippen LogP contribution in [-0.2, 0) is 0 Å². The van der Waals surface area contributed by atoms with Crippen LogP contribution in [0.1, 0.15) is 0 Å². The fraction of sp³-hybridized carbons (Fsp3) is 0. The van der Waals surface area contributed by atoms with Gasteiger partial charge in [-0.1, -0.05) is 200 Å². The van der Waals surface area contributed by atoms with Gasteiger partial charge in [-0.05, 0) is 64.7 Å². The average molecular weight is 881 g/mol. The first-order valence-electron chi connectivity index (χ1n) is 23.4. The molecule has 0 N–H and O–H groups in total. The Bertz CT molecular complexity index is 4230. The van der Waals surface area contributed by atoms with Crippen molar-refractivity contribution in [3.05, 3.63) is 243 Å². The van der Waals surface area contributed by atoms with Gasteiger partial charge in [0, 0.05) is 49.1 Å². The van der Waals surface area contributed by atoms with E-state index < -0.39 is 0 Å². The summed E-state index contributed by atoms with van der Waals surface area (Å²) in [4.78, 5) is 16.0. The van der Waals surface area contributed by atoms with Crippen LogP contribution in [0.4, 0.5) is 0 Å². The molecule has 0 bridgehead atoms. The zero-order valence-electron chi connectivity index (χ0n) is 37.3. The molecule has 0 saturated heterocycles. The van der Waals surface area contributed by atoms with Crippen molar-refractivity contribution >= 4 is 65.4 Å². The van der Waals surface area contributed by atoms with Crippen LogP contribution in [0.15, 0.2) is 243 Å². The van der Waals surface area contributed by atoms with E-state index in [1.54, 1.807) is 0 Å². The standard InChI is InChI=1S/C63H40N6/c1-4-19-41(20-5-1)43-35-37-45(38-36-43)62-64-61(44-23-8-3-9-24-44)65-63(66-62)69-55-34-17-12-29-50(55)58-56(69)40-57(68-52-31-14-10-27-48(52)49-28-11-15-32-53(49)68)60-59(58)51-30-13-16-33-54(51)67(60)47-26-18-25-46(39-47)42-21-6-2-7-22-42/h1-40H. The summed E-state index contributed by atoms with van der Waals surface area (Å²) in [5.41, 5.74) is 15.1. The minimum Gasteiger partial charge on any atom is -0.307 e. The summed E-state index contributed by atoms with van der Waals surface area (Å²) in [5, 5.41) is 6.96. The molecule has 0 saturated carbocycles. The third-order valence-electron chi connectivity index (χ3n) is 13.7. The number of fused-ring (bicyclic) bond motifs is 10. The lowest BCUT2D eigenvalue weighted by Crippen LogP contribution is -2.07. The number of benzene rings is 10. The highest BCUT2D eigenvalue weighted by molar-refractivity contribution is 6.31. The largest absolute Gasteiger partial charge is 0.307 e. The second kappa shape index (κ2) is 15.6. The average Bonchev–Trinajstić information content (AvgIpc) is 4.07. The van der Waals surface area contributed by atoms with Crippen molar-refractivity contribution in [3.8, 4) is 62.4 Å². The molecular weight excluding hydrogens is 841 g/mol. The van der Waals surface area contributed by atoms with E-state index in [0.29, 0.717) is 17.6 Å². The molecule has 6 heteroatoms. The van der Waals surface area contributed by atoms with Gasteiger partial charge in [-0.15, -0.1) is 0 Å². The lowest BCUT2D eigenvalue weighted by molar-refractivity contribution is 0.953. The van der Waals surface area contributed by atoms with Gasteiger partial charge in [-0.3, -0.25) is 4.57 Å². The molecule has 10 aromatic carbocycles. The van der Waals surface area contributed by atoms with Crippen molar-refractivity contribution in [2.75, 3.05) is 0 Å². The van der Waals surface area contributed by atoms with Gasteiger partial charge in [0.15, 0.2) is 11.6 Å². The van der Waals surface area contributed by atoms with Crippen molar-refractivity contribution in [1.82, 2.24) is 28.7 Å². The van der Waals surface area contributed by atoms with Gasteiger partial charge >= 0.3 is 0 Å². The lowest BCUT2D eigenvalue weighted by Gasteiger charge is -2.17. The third kappa shape index (κ3) is 6.16. The van der Waals surface area contributed by atoms with Crippen molar-refractivity contribution in [2.24, 2.45) is 0 Å². The topological polar surface area (TPSA) is 53.5 Å². The summed E-state index contributed by atoms with van der Waals surface area (Å²) in [7, 11) is 0. The summed E-state index contributed by atoms with van der Waals surface area (Å²) < 4.78 is 7.21. The lowest BCUT2D eigenvalue weighted by atomic mass is 10.0. The van der Waals surface area contributed by atoms with Crippen molar-refractivity contribution in [2.45, 2.75) is 0 Å². The normalized spacial score (nSPS) is 11.8. The van der Waals surface area contributed by atoms with Crippen molar-refractivity contribution < 1.29 is 0 Å². The highest BCUT2D eigenvalue weighted by Crippen LogP contribution is 2.47. The molecule has 0 aliphatic carbocycles. The molecule has 4 heterocycles. The molecule has 0 aliphatic heterocycles. The molecular formula is C63H40N6. The summed E-state index contributed by atoms with van der Waals surface area (Å²) in [6.07, 6.45) is 0. The molecule has 69 heavy (non-hydrogen) atoms. The maximum atomic E-state index is 5.43. The summed E-state index contributed by atoms with van der Waals surface area (Å²) in [6, 6.07) is 86.3. The Kier molecular flexibility index (Phi) is 8.79. The van der Waals surface area contributed by atoms with E-state index in [1.807, 2.05) is 24.3 Å². The number of rotatable bonds is 7. The fourth-order valence-corrected chi connectivity index (χ4v) is 10.6. The van der Waals surface area contributed by atoms with Gasteiger partial charge in [-0.25, -0.2) is 4.98 Å². The van der Waals surface area contributed by atoms with Gasteiger partial charge in [-0.2, -0.15) is 9.97 Å². The van der Waals surface area contributed by atoms with Crippen LogP contribution in [0.2, 0.25) is 0 Å². The smallest absolute Gasteiger partial charge is 0.238 e. The Morgan fingerprint density at radius 2 is 0.681 bits per heavy atom. The summed E-state index contributed by atoms with van der Waals surface area (Å²) >= 11 is 0. The van der Waals surface area contributed by atoms with Crippen LogP contribution < -0.4 is 0 Å². The van der Waals surface area contributed by atoms with Crippen molar-refractivity contribution in [1.29, 1.82) is 0 Å². The van der Waals surface area contributed by atoms with Crippen LogP contribution in [0, 0.1) is 0 Å². The zero-order chi connectivity index (χ0) is 45.4.